The molecule has 6 heteroatoms. The third-order valence-corrected chi connectivity index (χ3v) is 5.98. The maximum Gasteiger partial charge on any atom is 0.120 e. The monoisotopic (exact) mass is 308 g/mol. The van der Waals surface area contributed by atoms with Crippen molar-refractivity contribution in [1.29, 1.82) is 0 Å². The molecule has 2 nitrogen and oxygen atoms in total. The van der Waals surface area contributed by atoms with Gasteiger partial charge in [-0.15, -0.1) is 34.0 Å². The number of nitrogens with two attached hydrogens (primary N) is 1. The summed E-state index contributed by atoms with van der Waals surface area (Å²) in [6.45, 7) is 0. The maximum atomic E-state index is 6.17. The Kier molecular flexibility index (Phi) is 3.25. The molecule has 2 N–H and O–H groups in total. The molecule has 0 atom stereocenters. The average molecular weight is 308 g/mol. The van der Waals surface area contributed by atoms with E-state index in [0.29, 0.717) is 5.69 Å². The third kappa shape index (κ3) is 1.91. The van der Waals surface area contributed by atoms with Crippen LogP contribution in [0.1, 0.15) is 0 Å². The molecule has 3 heterocycles. The van der Waals surface area contributed by atoms with E-state index in [0.717, 1.165) is 20.3 Å². The Labute approximate surface area is 122 Å². The molecule has 0 aliphatic carbocycles. The Bertz CT molecular complexity index is 665. The fraction of sp³-hybridized carbons (Fsp3) is 0. The number of rotatable bonds is 3. The van der Waals surface area contributed by atoms with Crippen molar-refractivity contribution in [2.24, 2.45) is 4.36 Å². The van der Waals surface area contributed by atoms with Gasteiger partial charge in [0.25, 0.3) is 0 Å². The molecule has 0 radical (unpaired) electrons. The summed E-state index contributed by atoms with van der Waals surface area (Å²) in [7, 11) is 0. The van der Waals surface area contributed by atoms with Gasteiger partial charge in [-0.3, -0.25) is 0 Å². The Balaban J connectivity index is 2.22. The van der Waals surface area contributed by atoms with Gasteiger partial charge in [-0.25, -0.2) is 0 Å². The SMILES string of the molecule is Nc1c(-c2cccs2)sc(-c2cccs2)c1N=S. The predicted molar refractivity (Wildman–Crippen MR) is 84.8 cm³/mol. The highest BCUT2D eigenvalue weighted by atomic mass is 32.1. The predicted octanol–water partition coefficient (Wildman–Crippen LogP) is 5.15. The molecule has 0 saturated heterocycles. The maximum absolute atomic E-state index is 6.17. The lowest BCUT2D eigenvalue weighted by Gasteiger charge is -1.94. The van der Waals surface area contributed by atoms with Gasteiger partial charge in [-0.1, -0.05) is 12.1 Å². The van der Waals surface area contributed by atoms with E-state index in [2.05, 4.69) is 16.5 Å². The van der Waals surface area contributed by atoms with Crippen LogP contribution in [0, 0.1) is 0 Å². The molecule has 3 rings (SSSR count). The normalized spacial score (nSPS) is 10.7. The summed E-state index contributed by atoms with van der Waals surface area (Å²) in [5.74, 6) is 0. The van der Waals surface area contributed by atoms with Crippen LogP contribution in [-0.4, -0.2) is 0 Å². The zero-order valence-electron chi connectivity index (χ0n) is 9.12. The fourth-order valence-corrected chi connectivity index (χ4v) is 4.82. The zero-order valence-corrected chi connectivity index (χ0v) is 12.4. The molecule has 0 aliphatic heterocycles. The van der Waals surface area contributed by atoms with Gasteiger partial charge in [0.15, 0.2) is 0 Å². The van der Waals surface area contributed by atoms with Crippen LogP contribution in [-0.2, 0) is 12.4 Å². The van der Waals surface area contributed by atoms with Gasteiger partial charge in [0.1, 0.15) is 5.69 Å². The van der Waals surface area contributed by atoms with Crippen LogP contribution in [0.25, 0.3) is 19.5 Å². The van der Waals surface area contributed by atoms with Crippen molar-refractivity contribution in [2.45, 2.75) is 0 Å². The lowest BCUT2D eigenvalue weighted by Crippen LogP contribution is -1.83. The van der Waals surface area contributed by atoms with Crippen LogP contribution in [0.15, 0.2) is 39.4 Å². The molecule has 0 spiro atoms. The van der Waals surface area contributed by atoms with Gasteiger partial charge >= 0.3 is 0 Å². The lowest BCUT2D eigenvalue weighted by molar-refractivity contribution is 1.65. The van der Waals surface area contributed by atoms with Crippen molar-refractivity contribution in [2.75, 3.05) is 5.73 Å². The summed E-state index contributed by atoms with van der Waals surface area (Å²) in [5, 5.41) is 4.09. The standard InChI is InChI=1S/C12H8N2S4/c13-9-10(14-15)12(8-4-2-6-17-8)18-11(9)7-3-1-5-16-7/h1-6H,13H2. The van der Waals surface area contributed by atoms with E-state index in [4.69, 9.17) is 18.2 Å². The summed E-state index contributed by atoms with van der Waals surface area (Å²) in [6.07, 6.45) is 0. The number of anilines is 1. The van der Waals surface area contributed by atoms with Crippen LogP contribution in [0.4, 0.5) is 11.4 Å². The van der Waals surface area contributed by atoms with E-state index in [1.807, 2.05) is 22.9 Å². The first-order chi connectivity index (χ1) is 8.81. The minimum absolute atomic E-state index is 0.695. The first-order valence-electron chi connectivity index (χ1n) is 5.14. The molecule has 3 aromatic heterocycles. The van der Waals surface area contributed by atoms with Crippen molar-refractivity contribution in [3.63, 3.8) is 0 Å². The zero-order chi connectivity index (χ0) is 12.5. The van der Waals surface area contributed by atoms with E-state index >= 15 is 0 Å². The molecule has 0 aliphatic rings. The Morgan fingerprint density at radius 1 is 1.00 bits per heavy atom. The highest BCUT2D eigenvalue weighted by Gasteiger charge is 2.19. The second kappa shape index (κ2) is 4.89. The van der Waals surface area contributed by atoms with Crippen molar-refractivity contribution < 1.29 is 0 Å². The lowest BCUT2D eigenvalue weighted by atomic mass is 10.2. The largest absolute Gasteiger partial charge is 0.396 e. The highest BCUT2D eigenvalue weighted by Crippen LogP contribution is 2.50. The number of nitrogens with zero attached hydrogens (tertiary/aromatic N) is 1. The van der Waals surface area contributed by atoms with Crippen molar-refractivity contribution >= 4 is 57.8 Å². The molecule has 90 valence electrons. The van der Waals surface area contributed by atoms with Crippen molar-refractivity contribution in [1.82, 2.24) is 0 Å². The molecule has 0 bridgehead atoms. The summed E-state index contributed by atoms with van der Waals surface area (Å²) in [5.41, 5.74) is 7.61. The van der Waals surface area contributed by atoms with Gasteiger partial charge < -0.3 is 5.73 Å². The summed E-state index contributed by atoms with van der Waals surface area (Å²) in [6, 6.07) is 8.18. The average Bonchev–Trinajstić information content (AvgIpc) is 3.09. The number of hydrogen-bond donors (Lipinski definition) is 1. The van der Waals surface area contributed by atoms with Gasteiger partial charge in [0.05, 0.1) is 15.4 Å². The Hall–Kier alpha value is -1.08. The van der Waals surface area contributed by atoms with Crippen molar-refractivity contribution in [3.05, 3.63) is 35.0 Å². The summed E-state index contributed by atoms with van der Waals surface area (Å²) in [4.78, 5) is 4.47. The quantitative estimate of drug-likeness (QED) is 0.726. The fourth-order valence-electron chi connectivity index (χ4n) is 1.69. The molecule has 0 fully saturated rings. The van der Waals surface area contributed by atoms with Gasteiger partial charge in [-0.05, 0) is 22.9 Å². The first kappa shape index (κ1) is 12.0. The Morgan fingerprint density at radius 3 is 2.11 bits per heavy atom. The number of thiophene rings is 3. The van der Waals surface area contributed by atoms with Gasteiger partial charge in [0, 0.05) is 22.2 Å². The third-order valence-electron chi connectivity index (χ3n) is 2.50. The van der Waals surface area contributed by atoms with E-state index in [9.17, 15) is 0 Å². The smallest absolute Gasteiger partial charge is 0.120 e. The number of hydrogen-bond acceptors (Lipinski definition) is 6. The van der Waals surface area contributed by atoms with Crippen LogP contribution >= 0.6 is 34.0 Å². The van der Waals surface area contributed by atoms with Crippen molar-refractivity contribution in [3.8, 4) is 19.5 Å². The summed E-state index contributed by atoms with van der Waals surface area (Å²) >= 11 is 9.89. The van der Waals surface area contributed by atoms with Crippen LogP contribution in [0.5, 0.6) is 0 Å². The minimum Gasteiger partial charge on any atom is -0.396 e. The van der Waals surface area contributed by atoms with Gasteiger partial charge in [-0.2, -0.15) is 4.36 Å². The van der Waals surface area contributed by atoms with E-state index in [-0.39, 0.29) is 0 Å². The number of nitrogen functional groups attached to an aromatic ring is 1. The van der Waals surface area contributed by atoms with Crippen LogP contribution < -0.4 is 5.73 Å². The molecule has 3 aromatic rings. The molecule has 0 amide bonds. The molecule has 0 saturated carbocycles. The molecule has 0 aromatic carbocycles. The second-order valence-corrected chi connectivity index (χ2v) is 6.67. The van der Waals surface area contributed by atoms with Gasteiger partial charge in [0.2, 0.25) is 0 Å². The minimum atomic E-state index is 0.695. The van der Waals surface area contributed by atoms with E-state index in [1.165, 1.54) is 4.88 Å². The Morgan fingerprint density at radius 2 is 1.61 bits per heavy atom. The van der Waals surface area contributed by atoms with E-state index < -0.39 is 0 Å². The molecular formula is C12H8N2S4. The topological polar surface area (TPSA) is 38.4 Å². The summed E-state index contributed by atoms with van der Waals surface area (Å²) < 4.78 is 3.94. The molecule has 0 unspecified atom stereocenters. The highest BCUT2D eigenvalue weighted by molar-refractivity contribution is 7.47. The molecule has 18 heavy (non-hydrogen) atoms. The second-order valence-electron chi connectivity index (χ2n) is 3.57. The van der Waals surface area contributed by atoms with Crippen LogP contribution in [0.3, 0.4) is 0 Å². The van der Waals surface area contributed by atoms with E-state index in [1.54, 1.807) is 34.0 Å². The first-order valence-corrected chi connectivity index (χ1v) is 8.08. The molecular weight excluding hydrogens is 300 g/mol. The van der Waals surface area contributed by atoms with Crippen LogP contribution in [0.2, 0.25) is 0 Å².